The lowest BCUT2D eigenvalue weighted by molar-refractivity contribution is 0.122. The number of rotatable bonds is 4. The van der Waals surface area contributed by atoms with Gasteiger partial charge < -0.3 is 29.9 Å². The third-order valence-electron chi connectivity index (χ3n) is 3.80. The minimum atomic E-state index is -0.400. The highest BCUT2D eigenvalue weighted by Crippen LogP contribution is 2.23. The minimum Gasteiger partial charge on any atom is -0.496 e. The molecule has 2 aliphatic rings. The minimum absolute atomic E-state index is 0.0295. The number of imidazole rings is 1. The van der Waals surface area contributed by atoms with Gasteiger partial charge in [-0.25, -0.2) is 0 Å². The number of aliphatic imine (C=N–C) groups is 2. The standard InChI is InChI=1S/C15H20N6O3/c1-2-11-10(3-4-16)13(22)20-15(18-11)24-12-9-17-14(19-12)21-5-7-23-8-6-21/h2,4,9-10,16H,3,5-8H2,1H3,(H,17,19)(H,18,20,22)/b11-2+,16-4?. The molecule has 1 unspecified atom stereocenters. The van der Waals surface area contributed by atoms with Gasteiger partial charge in [-0.05, 0) is 19.6 Å². The molecular formula is C15H20N6O3. The molecule has 0 radical (unpaired) electrons. The number of nitrogens with zero attached hydrogens (tertiary/aromatic N) is 4. The van der Waals surface area contributed by atoms with Gasteiger partial charge in [0.2, 0.25) is 11.8 Å². The van der Waals surface area contributed by atoms with Crippen LogP contribution in [0.3, 0.4) is 0 Å². The molecule has 0 aliphatic carbocycles. The molecule has 1 aromatic heterocycles. The summed E-state index contributed by atoms with van der Waals surface area (Å²) in [4.78, 5) is 17.7. The fourth-order valence-corrected chi connectivity index (χ4v) is 2.56. The van der Waals surface area contributed by atoms with Crippen LogP contribution in [-0.2, 0) is 4.74 Å². The Hall–Kier alpha value is -2.68. The maximum absolute atomic E-state index is 10.1. The van der Waals surface area contributed by atoms with Crippen LogP contribution >= 0.6 is 0 Å². The number of aromatic amines is 1. The predicted octanol–water partition coefficient (Wildman–Crippen LogP) is 1.51. The molecule has 24 heavy (non-hydrogen) atoms. The molecule has 0 bridgehead atoms. The van der Waals surface area contributed by atoms with Crippen molar-refractivity contribution in [1.82, 2.24) is 9.97 Å². The van der Waals surface area contributed by atoms with E-state index in [1.54, 1.807) is 12.3 Å². The van der Waals surface area contributed by atoms with Crippen molar-refractivity contribution in [2.75, 3.05) is 31.2 Å². The van der Waals surface area contributed by atoms with Gasteiger partial charge >= 0.3 is 6.02 Å². The van der Waals surface area contributed by atoms with Crippen LogP contribution in [0.25, 0.3) is 0 Å². The Morgan fingerprint density at radius 1 is 1.46 bits per heavy atom. The van der Waals surface area contributed by atoms with Gasteiger partial charge in [0.05, 0.1) is 31.0 Å². The number of aromatic nitrogens is 2. The van der Waals surface area contributed by atoms with Crippen LogP contribution in [0.5, 0.6) is 5.88 Å². The Bertz CT molecular complexity index is 687. The Kier molecular flexibility index (Phi) is 4.90. The summed E-state index contributed by atoms with van der Waals surface area (Å²) in [7, 11) is 0. The number of hydrogen-bond acceptors (Lipinski definition) is 7. The van der Waals surface area contributed by atoms with Gasteiger partial charge in [0, 0.05) is 13.1 Å². The van der Waals surface area contributed by atoms with Crippen LogP contribution in [-0.4, -0.2) is 59.5 Å². The van der Waals surface area contributed by atoms with Gasteiger partial charge in [0.15, 0.2) is 5.90 Å². The summed E-state index contributed by atoms with van der Waals surface area (Å²) in [5, 5.41) is 17.3. The van der Waals surface area contributed by atoms with E-state index in [0.29, 0.717) is 37.2 Å². The van der Waals surface area contributed by atoms with Gasteiger partial charge in [-0.15, -0.1) is 0 Å². The van der Waals surface area contributed by atoms with Crippen molar-refractivity contribution < 1.29 is 14.6 Å². The highest BCUT2D eigenvalue weighted by molar-refractivity contribution is 5.96. The summed E-state index contributed by atoms with van der Waals surface area (Å²) in [6.45, 7) is 4.68. The summed E-state index contributed by atoms with van der Waals surface area (Å²) >= 11 is 0. The number of hydrogen-bond donors (Lipinski definition) is 3. The first kappa shape index (κ1) is 16.2. The van der Waals surface area contributed by atoms with Crippen molar-refractivity contribution in [3.05, 3.63) is 18.0 Å². The molecule has 1 saturated heterocycles. The first-order chi connectivity index (χ1) is 11.7. The highest BCUT2D eigenvalue weighted by atomic mass is 16.5. The molecule has 1 atom stereocenters. The number of morpholine rings is 1. The van der Waals surface area contributed by atoms with E-state index in [2.05, 4.69) is 24.9 Å². The quantitative estimate of drug-likeness (QED) is 0.722. The average Bonchev–Trinajstić information content (AvgIpc) is 3.06. The number of nitrogens with one attached hydrogen (secondary N) is 2. The van der Waals surface area contributed by atoms with Crippen molar-refractivity contribution in [2.24, 2.45) is 15.9 Å². The van der Waals surface area contributed by atoms with E-state index in [9.17, 15) is 5.11 Å². The number of ether oxygens (including phenoxy) is 2. The summed E-state index contributed by atoms with van der Waals surface area (Å²) in [5.41, 5.74) is 0.616. The molecule has 9 nitrogen and oxygen atoms in total. The van der Waals surface area contributed by atoms with Crippen molar-refractivity contribution in [3.63, 3.8) is 0 Å². The lowest BCUT2D eigenvalue weighted by Gasteiger charge is -2.25. The Balaban J connectivity index is 1.72. The summed E-state index contributed by atoms with van der Waals surface area (Å²) in [6.07, 6.45) is 4.96. The monoisotopic (exact) mass is 332 g/mol. The van der Waals surface area contributed by atoms with E-state index < -0.39 is 5.92 Å². The largest absolute Gasteiger partial charge is 0.496 e. The molecule has 0 spiro atoms. The molecule has 0 saturated carbocycles. The number of amidine groups is 1. The molecule has 9 heteroatoms. The second-order valence-electron chi connectivity index (χ2n) is 5.33. The number of H-pyrrole nitrogens is 1. The van der Waals surface area contributed by atoms with Crippen molar-refractivity contribution in [1.29, 1.82) is 5.41 Å². The topological polar surface area (TPSA) is 119 Å². The van der Waals surface area contributed by atoms with E-state index in [-0.39, 0.29) is 11.9 Å². The van der Waals surface area contributed by atoms with Crippen LogP contribution in [0.4, 0.5) is 5.95 Å². The first-order valence-electron chi connectivity index (χ1n) is 7.78. The lowest BCUT2D eigenvalue weighted by Crippen LogP contribution is -2.36. The molecule has 0 aromatic carbocycles. The SMILES string of the molecule is C/C=C1/N=C(Oc2c[nH]c(N3CCOCC3)n2)N=C(O)C1CC=N. The molecule has 3 rings (SSSR count). The number of aliphatic hydroxyl groups excluding tert-OH is 1. The first-order valence-corrected chi connectivity index (χ1v) is 7.78. The van der Waals surface area contributed by atoms with Crippen molar-refractivity contribution >= 4 is 24.1 Å². The second-order valence-corrected chi connectivity index (χ2v) is 5.33. The fraction of sp³-hybridized carbons (Fsp3) is 0.467. The van der Waals surface area contributed by atoms with Crippen LogP contribution in [0.1, 0.15) is 13.3 Å². The lowest BCUT2D eigenvalue weighted by atomic mass is 10.0. The summed E-state index contributed by atoms with van der Waals surface area (Å²) < 4.78 is 10.9. The molecule has 1 aromatic rings. The van der Waals surface area contributed by atoms with Gasteiger partial charge in [-0.1, -0.05) is 6.08 Å². The Morgan fingerprint density at radius 2 is 2.25 bits per heavy atom. The van der Waals surface area contributed by atoms with E-state index in [1.165, 1.54) is 6.21 Å². The number of allylic oxidation sites excluding steroid dienone is 1. The van der Waals surface area contributed by atoms with E-state index >= 15 is 0 Å². The molecule has 2 aliphatic heterocycles. The third-order valence-corrected chi connectivity index (χ3v) is 3.80. The van der Waals surface area contributed by atoms with Gasteiger partial charge in [-0.3, -0.25) is 0 Å². The Labute approximate surface area is 139 Å². The van der Waals surface area contributed by atoms with E-state index in [0.717, 1.165) is 13.1 Å². The van der Waals surface area contributed by atoms with Crippen molar-refractivity contribution in [3.8, 4) is 5.88 Å². The van der Waals surface area contributed by atoms with E-state index in [4.69, 9.17) is 14.9 Å². The van der Waals surface area contributed by atoms with Crippen LogP contribution in [0, 0.1) is 11.3 Å². The number of aliphatic hydroxyl groups is 1. The molecule has 0 amide bonds. The third kappa shape index (κ3) is 3.46. The molecule has 3 heterocycles. The fourth-order valence-electron chi connectivity index (χ4n) is 2.56. The Morgan fingerprint density at radius 3 is 2.96 bits per heavy atom. The van der Waals surface area contributed by atoms with Crippen LogP contribution < -0.4 is 9.64 Å². The molecule has 128 valence electrons. The maximum Gasteiger partial charge on any atom is 0.326 e. The van der Waals surface area contributed by atoms with Crippen molar-refractivity contribution in [2.45, 2.75) is 13.3 Å². The van der Waals surface area contributed by atoms with Gasteiger partial charge in [-0.2, -0.15) is 15.0 Å². The molecule has 1 fully saturated rings. The normalized spacial score (nSPS) is 23.0. The summed E-state index contributed by atoms with van der Waals surface area (Å²) in [5.74, 6) is 0.516. The molecule has 3 N–H and O–H groups in total. The zero-order valence-electron chi connectivity index (χ0n) is 13.4. The van der Waals surface area contributed by atoms with Crippen LogP contribution in [0.15, 0.2) is 28.0 Å². The zero-order chi connectivity index (χ0) is 16.9. The highest BCUT2D eigenvalue weighted by Gasteiger charge is 2.25. The zero-order valence-corrected chi connectivity index (χ0v) is 13.4. The predicted molar refractivity (Wildman–Crippen MR) is 90.4 cm³/mol. The average molecular weight is 332 g/mol. The number of anilines is 1. The summed E-state index contributed by atoms with van der Waals surface area (Å²) in [6, 6.07) is 0.0295. The van der Waals surface area contributed by atoms with Gasteiger partial charge in [0.25, 0.3) is 0 Å². The van der Waals surface area contributed by atoms with Gasteiger partial charge in [0.1, 0.15) is 0 Å². The maximum atomic E-state index is 10.1. The van der Waals surface area contributed by atoms with E-state index in [1.807, 2.05) is 6.92 Å². The van der Waals surface area contributed by atoms with Crippen LogP contribution in [0.2, 0.25) is 0 Å². The molecular weight excluding hydrogens is 312 g/mol. The smallest absolute Gasteiger partial charge is 0.326 e. The second kappa shape index (κ2) is 7.26.